The van der Waals surface area contributed by atoms with Gasteiger partial charge >= 0.3 is 11.7 Å². The minimum Gasteiger partial charge on any atom is -0.449 e. The minimum absolute atomic E-state index is 0.0792. The van der Waals surface area contributed by atoms with E-state index in [-0.39, 0.29) is 24.9 Å². The Balaban J connectivity index is 1.35. The molecule has 5 rings (SSSR count). The van der Waals surface area contributed by atoms with Crippen LogP contribution >= 0.6 is 0 Å². The van der Waals surface area contributed by atoms with Crippen molar-refractivity contribution in [3.63, 3.8) is 0 Å². The molecule has 0 bridgehead atoms. The smallest absolute Gasteiger partial charge is 0.439 e. The SMILES string of the molecule is CC(=O)O[C@@H](C(=O)Nc1ccc(-c2noc(=O)[nH]2)cc1)[C@H]1OCCN(c2cccc(C(=O)N3CCCC3)c2C)C1=O. The molecule has 13 nitrogen and oxygen atoms in total. The van der Waals surface area contributed by atoms with E-state index in [1.165, 1.54) is 4.90 Å². The number of ether oxygens (including phenoxy) is 2. The van der Waals surface area contributed by atoms with Crippen LogP contribution in [0.5, 0.6) is 0 Å². The number of rotatable bonds is 7. The average Bonchev–Trinajstić information content (AvgIpc) is 3.65. The molecule has 2 N–H and O–H groups in total. The van der Waals surface area contributed by atoms with E-state index in [1.807, 2.05) is 0 Å². The number of nitrogens with zero attached hydrogens (tertiary/aromatic N) is 3. The quantitative estimate of drug-likeness (QED) is 0.408. The van der Waals surface area contributed by atoms with Crippen molar-refractivity contribution in [2.75, 3.05) is 36.5 Å². The lowest BCUT2D eigenvalue weighted by Crippen LogP contribution is -2.56. The average molecular weight is 564 g/mol. The number of likely N-dealkylation sites (tertiary alicyclic amines) is 1. The third-order valence-corrected chi connectivity index (χ3v) is 7.03. The van der Waals surface area contributed by atoms with Gasteiger partial charge in [-0.1, -0.05) is 11.2 Å². The maximum absolute atomic E-state index is 13.7. The van der Waals surface area contributed by atoms with Gasteiger partial charge in [-0.15, -0.1) is 0 Å². The van der Waals surface area contributed by atoms with Gasteiger partial charge in [0.2, 0.25) is 6.10 Å². The summed E-state index contributed by atoms with van der Waals surface area (Å²) in [5.74, 6) is -2.67. The Morgan fingerprint density at radius 3 is 2.46 bits per heavy atom. The van der Waals surface area contributed by atoms with Crippen LogP contribution in [0.1, 0.15) is 35.7 Å². The number of benzene rings is 2. The van der Waals surface area contributed by atoms with Gasteiger partial charge in [0.15, 0.2) is 11.9 Å². The van der Waals surface area contributed by atoms with Gasteiger partial charge in [0.1, 0.15) is 0 Å². The fraction of sp³-hybridized carbons (Fsp3) is 0.357. The fourth-order valence-corrected chi connectivity index (χ4v) is 5.01. The Bertz CT molecular complexity index is 1520. The second kappa shape index (κ2) is 11.8. The number of esters is 1. The Kier molecular flexibility index (Phi) is 7.97. The molecule has 2 aliphatic rings. The molecule has 0 spiro atoms. The molecule has 0 unspecified atom stereocenters. The molecule has 2 saturated heterocycles. The van der Waals surface area contributed by atoms with Crippen LogP contribution in [0.25, 0.3) is 11.4 Å². The molecule has 214 valence electrons. The van der Waals surface area contributed by atoms with Crippen LogP contribution in [0, 0.1) is 6.92 Å². The Morgan fingerprint density at radius 1 is 1.07 bits per heavy atom. The third kappa shape index (κ3) is 5.89. The van der Waals surface area contributed by atoms with Gasteiger partial charge in [0.05, 0.1) is 6.61 Å². The predicted molar refractivity (Wildman–Crippen MR) is 145 cm³/mol. The van der Waals surface area contributed by atoms with Crippen LogP contribution in [0.2, 0.25) is 0 Å². The number of H-pyrrole nitrogens is 1. The highest BCUT2D eigenvalue weighted by molar-refractivity contribution is 6.06. The molecule has 0 radical (unpaired) electrons. The first kappa shape index (κ1) is 27.8. The molecular weight excluding hydrogens is 534 g/mol. The van der Waals surface area contributed by atoms with Crippen LogP contribution in [-0.4, -0.2) is 77.2 Å². The van der Waals surface area contributed by atoms with Crippen molar-refractivity contribution in [3.8, 4) is 11.4 Å². The summed E-state index contributed by atoms with van der Waals surface area (Å²) in [6, 6.07) is 11.5. The van der Waals surface area contributed by atoms with Crippen molar-refractivity contribution < 1.29 is 33.2 Å². The van der Waals surface area contributed by atoms with E-state index in [4.69, 9.17) is 9.47 Å². The first-order valence-corrected chi connectivity index (χ1v) is 13.2. The summed E-state index contributed by atoms with van der Waals surface area (Å²) in [6.07, 6.45) is -1.07. The first-order chi connectivity index (χ1) is 19.7. The molecule has 2 fully saturated rings. The Labute approximate surface area is 234 Å². The van der Waals surface area contributed by atoms with E-state index in [1.54, 1.807) is 54.3 Å². The maximum atomic E-state index is 13.7. The summed E-state index contributed by atoms with van der Waals surface area (Å²) >= 11 is 0. The number of nitrogens with one attached hydrogen (secondary N) is 2. The number of hydrogen-bond donors (Lipinski definition) is 2. The van der Waals surface area contributed by atoms with E-state index in [9.17, 15) is 24.0 Å². The standard InChI is InChI=1S/C28H29N5O8/c1-16-20(26(36)32-12-3-4-13-32)6-5-7-21(16)33-14-15-39-23(27(33)37)22(40-17(2)34)25(35)29-19-10-8-18(9-11-19)24-30-28(38)41-31-24/h5-11,22-23H,3-4,12-15H2,1-2H3,(H,29,35)(H,30,31,38)/t22-,23-/m1/s1. The third-order valence-electron chi connectivity index (χ3n) is 7.03. The van der Waals surface area contributed by atoms with Crippen molar-refractivity contribution in [3.05, 3.63) is 64.1 Å². The van der Waals surface area contributed by atoms with Crippen molar-refractivity contribution in [2.24, 2.45) is 0 Å². The van der Waals surface area contributed by atoms with Gasteiger partial charge in [-0.25, -0.2) is 4.79 Å². The molecule has 0 aliphatic carbocycles. The highest BCUT2D eigenvalue weighted by Crippen LogP contribution is 2.29. The molecule has 3 heterocycles. The first-order valence-electron chi connectivity index (χ1n) is 13.2. The number of anilines is 2. The van der Waals surface area contributed by atoms with E-state index in [2.05, 4.69) is 20.0 Å². The topological polar surface area (TPSA) is 164 Å². The lowest BCUT2D eigenvalue weighted by molar-refractivity contribution is -0.167. The van der Waals surface area contributed by atoms with Crippen LogP contribution in [0.4, 0.5) is 11.4 Å². The zero-order chi connectivity index (χ0) is 29.1. The van der Waals surface area contributed by atoms with Gasteiger partial charge in [-0.05, 0) is 61.7 Å². The summed E-state index contributed by atoms with van der Waals surface area (Å²) in [7, 11) is 0. The molecule has 2 atom stereocenters. The molecule has 2 aromatic carbocycles. The number of amides is 3. The highest BCUT2D eigenvalue weighted by Gasteiger charge is 2.43. The molecule has 1 aromatic heterocycles. The summed E-state index contributed by atoms with van der Waals surface area (Å²) in [5.41, 5.74) is 2.54. The number of hydrogen-bond acceptors (Lipinski definition) is 9. The highest BCUT2D eigenvalue weighted by atomic mass is 16.6. The molecule has 3 amide bonds. The molecular formula is C28H29N5O8. The van der Waals surface area contributed by atoms with Gasteiger partial charge in [0, 0.05) is 49.1 Å². The maximum Gasteiger partial charge on any atom is 0.439 e. The molecule has 3 aromatic rings. The minimum atomic E-state index is -1.58. The lowest BCUT2D eigenvalue weighted by Gasteiger charge is -2.36. The van der Waals surface area contributed by atoms with E-state index < -0.39 is 35.7 Å². The molecule has 0 saturated carbocycles. The van der Waals surface area contributed by atoms with Crippen LogP contribution in [-0.2, 0) is 23.9 Å². The van der Waals surface area contributed by atoms with Crippen LogP contribution < -0.4 is 16.0 Å². The summed E-state index contributed by atoms with van der Waals surface area (Å²) in [4.78, 5) is 68.9. The van der Waals surface area contributed by atoms with Crippen LogP contribution in [0.15, 0.2) is 51.8 Å². The summed E-state index contributed by atoms with van der Waals surface area (Å²) < 4.78 is 15.5. The zero-order valence-electron chi connectivity index (χ0n) is 22.5. The van der Waals surface area contributed by atoms with Crippen molar-refractivity contribution in [1.82, 2.24) is 15.0 Å². The molecule has 2 aliphatic heterocycles. The number of aromatic amines is 1. The van der Waals surface area contributed by atoms with Crippen LogP contribution in [0.3, 0.4) is 0 Å². The van der Waals surface area contributed by atoms with Gasteiger partial charge < -0.3 is 24.6 Å². The molecule has 41 heavy (non-hydrogen) atoms. The number of carbonyl (C=O) groups is 4. The van der Waals surface area contributed by atoms with E-state index >= 15 is 0 Å². The number of morpholine rings is 1. The monoisotopic (exact) mass is 563 g/mol. The molecule has 13 heteroatoms. The number of carbonyl (C=O) groups excluding carboxylic acids is 4. The normalized spacial score (nSPS) is 17.8. The summed E-state index contributed by atoms with van der Waals surface area (Å²) in [5, 5.41) is 6.25. The van der Waals surface area contributed by atoms with Gasteiger partial charge in [-0.2, -0.15) is 0 Å². The largest absolute Gasteiger partial charge is 0.449 e. The second-order valence-corrected chi connectivity index (χ2v) is 9.77. The van der Waals surface area contributed by atoms with E-state index in [0.29, 0.717) is 41.2 Å². The Morgan fingerprint density at radius 2 is 1.80 bits per heavy atom. The van der Waals surface area contributed by atoms with E-state index in [0.717, 1.165) is 19.8 Å². The van der Waals surface area contributed by atoms with Gasteiger partial charge in [0.25, 0.3) is 17.7 Å². The Hall–Kier alpha value is -4.78. The van der Waals surface area contributed by atoms with Crippen molar-refractivity contribution >= 4 is 35.1 Å². The van der Waals surface area contributed by atoms with Crippen molar-refractivity contribution in [2.45, 2.75) is 38.9 Å². The fourth-order valence-electron chi connectivity index (χ4n) is 5.01. The lowest BCUT2D eigenvalue weighted by atomic mass is 10.0. The number of aromatic nitrogens is 2. The summed E-state index contributed by atoms with van der Waals surface area (Å²) in [6.45, 7) is 4.58. The van der Waals surface area contributed by atoms with Crippen molar-refractivity contribution in [1.29, 1.82) is 0 Å². The second-order valence-electron chi connectivity index (χ2n) is 9.77. The zero-order valence-corrected chi connectivity index (χ0v) is 22.5. The van der Waals surface area contributed by atoms with Gasteiger partial charge in [-0.3, -0.25) is 28.7 Å². The predicted octanol–water partition coefficient (Wildman–Crippen LogP) is 1.88.